The van der Waals surface area contributed by atoms with Gasteiger partial charge in [0, 0.05) is 23.6 Å². The molecule has 1 aliphatic heterocycles. The molecular weight excluding hydrogens is 396 g/mol. The van der Waals surface area contributed by atoms with Gasteiger partial charge in [-0.3, -0.25) is 0 Å². The Bertz CT molecular complexity index is 653. The van der Waals surface area contributed by atoms with E-state index in [9.17, 15) is 13.2 Å². The first-order valence-electron chi connectivity index (χ1n) is 6.51. The Balaban J connectivity index is 0.00000242. The summed E-state index contributed by atoms with van der Waals surface area (Å²) < 4.78 is 31.8. The number of hydrogen-bond acceptors (Lipinski definition) is 5. The Kier molecular flexibility index (Phi) is 6.82. The summed E-state index contributed by atoms with van der Waals surface area (Å²) in [5, 5.41) is 0. The van der Waals surface area contributed by atoms with Gasteiger partial charge in [-0.25, -0.2) is 13.2 Å². The van der Waals surface area contributed by atoms with E-state index in [1.165, 1.54) is 29.6 Å². The molecule has 1 atom stereocenters. The van der Waals surface area contributed by atoms with Gasteiger partial charge in [-0.2, -0.15) is 4.31 Å². The average molecular weight is 414 g/mol. The van der Waals surface area contributed by atoms with E-state index in [2.05, 4.69) is 20.7 Å². The Hall–Kier alpha value is -0.670. The molecule has 0 aliphatic carbocycles. The normalized spacial score (nSPS) is 18.8. The molecule has 2 rings (SSSR count). The summed E-state index contributed by atoms with van der Waals surface area (Å²) in [5.74, 6) is -0.513. The maximum absolute atomic E-state index is 12.7. The third kappa shape index (κ3) is 3.62. The van der Waals surface area contributed by atoms with Crippen molar-refractivity contribution < 1.29 is 17.9 Å². The molecule has 124 valence electrons. The number of carbonyl (C=O) groups excluding carboxylic acids is 1. The third-order valence-electron chi connectivity index (χ3n) is 3.53. The van der Waals surface area contributed by atoms with Gasteiger partial charge >= 0.3 is 5.97 Å². The SMILES string of the molecule is COC(=O)c1ccc(S(=O)(=O)N2CCCC2CN)c(Br)c1.Cl. The highest BCUT2D eigenvalue weighted by molar-refractivity contribution is 9.10. The van der Waals surface area contributed by atoms with Gasteiger partial charge in [0.05, 0.1) is 17.6 Å². The zero-order valence-electron chi connectivity index (χ0n) is 12.0. The summed E-state index contributed by atoms with van der Waals surface area (Å²) in [4.78, 5) is 11.6. The highest BCUT2D eigenvalue weighted by atomic mass is 79.9. The molecule has 0 radical (unpaired) electrons. The Morgan fingerprint density at radius 2 is 2.18 bits per heavy atom. The Morgan fingerprint density at radius 3 is 2.73 bits per heavy atom. The molecule has 1 saturated heterocycles. The van der Waals surface area contributed by atoms with Crippen LogP contribution >= 0.6 is 28.3 Å². The molecule has 1 heterocycles. The summed E-state index contributed by atoms with van der Waals surface area (Å²) >= 11 is 3.22. The van der Waals surface area contributed by atoms with Crippen molar-refractivity contribution in [2.45, 2.75) is 23.8 Å². The van der Waals surface area contributed by atoms with Gasteiger partial charge in [0.25, 0.3) is 0 Å². The number of carbonyl (C=O) groups is 1. The molecule has 1 aromatic rings. The van der Waals surface area contributed by atoms with Crippen LogP contribution in [0.2, 0.25) is 0 Å². The molecule has 0 bridgehead atoms. The van der Waals surface area contributed by atoms with Crippen LogP contribution in [-0.4, -0.2) is 44.9 Å². The summed E-state index contributed by atoms with van der Waals surface area (Å²) in [6.45, 7) is 0.770. The van der Waals surface area contributed by atoms with Crippen LogP contribution in [-0.2, 0) is 14.8 Å². The van der Waals surface area contributed by atoms with E-state index < -0.39 is 16.0 Å². The number of sulfonamides is 1. The first-order valence-corrected chi connectivity index (χ1v) is 8.75. The minimum atomic E-state index is -3.63. The van der Waals surface area contributed by atoms with E-state index in [-0.39, 0.29) is 23.3 Å². The van der Waals surface area contributed by atoms with Gasteiger partial charge in [-0.1, -0.05) is 0 Å². The number of ether oxygens (including phenoxy) is 1. The Morgan fingerprint density at radius 1 is 1.50 bits per heavy atom. The van der Waals surface area contributed by atoms with Crippen LogP contribution in [0.15, 0.2) is 27.6 Å². The first-order chi connectivity index (χ1) is 9.91. The van der Waals surface area contributed by atoms with Crippen LogP contribution in [0.1, 0.15) is 23.2 Å². The van der Waals surface area contributed by atoms with E-state index in [0.29, 0.717) is 23.1 Å². The third-order valence-corrected chi connectivity index (χ3v) is 6.46. The van der Waals surface area contributed by atoms with Gasteiger partial charge in [0.15, 0.2) is 0 Å². The van der Waals surface area contributed by atoms with E-state index in [4.69, 9.17) is 5.73 Å². The van der Waals surface area contributed by atoms with Gasteiger partial charge in [-0.15, -0.1) is 12.4 Å². The van der Waals surface area contributed by atoms with Crippen molar-refractivity contribution in [3.63, 3.8) is 0 Å². The van der Waals surface area contributed by atoms with Crippen LogP contribution in [0.5, 0.6) is 0 Å². The van der Waals surface area contributed by atoms with Crippen molar-refractivity contribution in [1.82, 2.24) is 4.31 Å². The molecule has 0 spiro atoms. The smallest absolute Gasteiger partial charge is 0.337 e. The lowest BCUT2D eigenvalue weighted by atomic mass is 10.2. The first kappa shape index (κ1) is 19.4. The summed E-state index contributed by atoms with van der Waals surface area (Å²) in [6.07, 6.45) is 1.58. The van der Waals surface area contributed by atoms with E-state index in [1.54, 1.807) is 0 Å². The molecule has 0 aromatic heterocycles. The van der Waals surface area contributed by atoms with E-state index in [0.717, 1.165) is 12.8 Å². The number of methoxy groups -OCH3 is 1. The molecule has 1 aliphatic rings. The van der Waals surface area contributed by atoms with E-state index >= 15 is 0 Å². The van der Waals surface area contributed by atoms with Crippen molar-refractivity contribution >= 4 is 44.3 Å². The zero-order chi connectivity index (χ0) is 15.6. The molecule has 2 N–H and O–H groups in total. The van der Waals surface area contributed by atoms with Crippen LogP contribution in [0.3, 0.4) is 0 Å². The highest BCUT2D eigenvalue weighted by Crippen LogP contribution is 2.30. The Labute approximate surface area is 144 Å². The minimum Gasteiger partial charge on any atom is -0.465 e. The summed E-state index contributed by atoms with van der Waals surface area (Å²) in [7, 11) is -2.35. The van der Waals surface area contributed by atoms with Crippen molar-refractivity contribution in [2.75, 3.05) is 20.2 Å². The molecule has 1 unspecified atom stereocenters. The second-order valence-corrected chi connectivity index (χ2v) is 7.50. The molecule has 0 amide bonds. The fourth-order valence-electron chi connectivity index (χ4n) is 2.44. The molecule has 9 heteroatoms. The monoisotopic (exact) mass is 412 g/mol. The fraction of sp³-hybridized carbons (Fsp3) is 0.462. The lowest BCUT2D eigenvalue weighted by Gasteiger charge is -2.23. The maximum atomic E-state index is 12.7. The lowest BCUT2D eigenvalue weighted by Crippen LogP contribution is -2.40. The number of benzene rings is 1. The highest BCUT2D eigenvalue weighted by Gasteiger charge is 2.35. The maximum Gasteiger partial charge on any atom is 0.337 e. The predicted octanol–water partition coefficient (Wildman–Crippen LogP) is 1.77. The van der Waals surface area contributed by atoms with Crippen LogP contribution < -0.4 is 5.73 Å². The number of nitrogens with two attached hydrogens (primary N) is 1. The minimum absolute atomic E-state index is 0. The second kappa shape index (κ2) is 7.74. The largest absolute Gasteiger partial charge is 0.465 e. The van der Waals surface area contributed by atoms with Gasteiger partial charge in [0.1, 0.15) is 0 Å². The van der Waals surface area contributed by atoms with Crippen molar-refractivity contribution in [2.24, 2.45) is 5.73 Å². The van der Waals surface area contributed by atoms with Gasteiger partial charge in [-0.05, 0) is 47.0 Å². The number of rotatable bonds is 4. The number of hydrogen-bond donors (Lipinski definition) is 1. The topological polar surface area (TPSA) is 89.7 Å². The molecule has 1 aromatic carbocycles. The van der Waals surface area contributed by atoms with Gasteiger partial charge in [0.2, 0.25) is 10.0 Å². The quantitative estimate of drug-likeness (QED) is 0.760. The van der Waals surface area contributed by atoms with E-state index in [1.807, 2.05) is 0 Å². The number of esters is 1. The fourth-order valence-corrected chi connectivity index (χ4v) is 5.19. The number of halogens is 2. The molecule has 22 heavy (non-hydrogen) atoms. The molecule has 0 saturated carbocycles. The zero-order valence-corrected chi connectivity index (χ0v) is 15.2. The van der Waals surface area contributed by atoms with Crippen molar-refractivity contribution in [1.29, 1.82) is 0 Å². The molecule has 6 nitrogen and oxygen atoms in total. The second-order valence-electron chi connectivity index (χ2n) is 4.78. The summed E-state index contributed by atoms with van der Waals surface area (Å²) in [5.41, 5.74) is 5.93. The van der Waals surface area contributed by atoms with Crippen LogP contribution in [0, 0.1) is 0 Å². The standard InChI is InChI=1S/C13H17BrN2O4S.ClH/c1-20-13(17)9-4-5-12(11(14)7-9)21(18,19)16-6-2-3-10(16)8-15;/h4-5,7,10H,2-3,6,8,15H2,1H3;1H. The molecular formula is C13H18BrClN2O4S. The van der Waals surface area contributed by atoms with Gasteiger partial charge < -0.3 is 10.5 Å². The summed E-state index contributed by atoms with van der Waals surface area (Å²) in [6, 6.07) is 4.14. The predicted molar refractivity (Wildman–Crippen MR) is 88.7 cm³/mol. The molecule has 1 fully saturated rings. The van der Waals surface area contributed by atoms with Crippen molar-refractivity contribution in [3.05, 3.63) is 28.2 Å². The van der Waals surface area contributed by atoms with Crippen LogP contribution in [0.25, 0.3) is 0 Å². The lowest BCUT2D eigenvalue weighted by molar-refractivity contribution is 0.0600. The average Bonchev–Trinajstić information content (AvgIpc) is 2.95. The van der Waals surface area contributed by atoms with Crippen LogP contribution in [0.4, 0.5) is 0 Å². The number of nitrogens with zero attached hydrogens (tertiary/aromatic N) is 1. The van der Waals surface area contributed by atoms with Crippen molar-refractivity contribution in [3.8, 4) is 0 Å².